The highest BCUT2D eigenvalue weighted by Gasteiger charge is 2.18. The molecule has 1 aromatic heterocycles. The van der Waals surface area contributed by atoms with Gasteiger partial charge in [-0.1, -0.05) is 6.07 Å². The minimum atomic E-state index is -0.0152. The first-order valence-electron chi connectivity index (χ1n) is 5.48. The Kier molecular flexibility index (Phi) is 2.04. The predicted octanol–water partition coefficient (Wildman–Crippen LogP) is 1.96. The molecule has 1 heterocycles. The van der Waals surface area contributed by atoms with Gasteiger partial charge in [-0.05, 0) is 30.7 Å². The molecule has 0 spiro atoms. The molecule has 90 valence electrons. The van der Waals surface area contributed by atoms with Crippen LogP contribution in [0.3, 0.4) is 0 Å². The van der Waals surface area contributed by atoms with Gasteiger partial charge in [0.2, 0.25) is 0 Å². The molecule has 0 aliphatic rings. The topological polar surface area (TPSA) is 68.4 Å². The molecule has 18 heavy (non-hydrogen) atoms. The Morgan fingerprint density at radius 1 is 1.06 bits per heavy atom. The van der Waals surface area contributed by atoms with E-state index < -0.39 is 0 Å². The largest absolute Gasteiger partial charge is 0.508 e. The number of phenolic OH excluding ortho intramolecular Hbond substituents is 1. The van der Waals surface area contributed by atoms with E-state index in [2.05, 4.69) is 0 Å². The van der Waals surface area contributed by atoms with Crippen molar-refractivity contribution >= 4 is 22.1 Å². The van der Waals surface area contributed by atoms with E-state index in [9.17, 15) is 15.2 Å². The molecule has 0 radical (unpaired) electrons. The predicted molar refractivity (Wildman–Crippen MR) is 66.4 cm³/mol. The molecule has 0 unspecified atom stereocenters. The average Bonchev–Trinajstić information content (AvgIpc) is 2.36. The summed E-state index contributed by atoms with van der Waals surface area (Å²) in [7, 11) is 0. The lowest BCUT2D eigenvalue weighted by atomic mass is 10.2. The second-order valence-electron chi connectivity index (χ2n) is 4.27. The highest BCUT2D eigenvalue weighted by atomic mass is 16.5. The molecule has 0 bridgehead atoms. The molecule has 0 saturated carbocycles. The molecule has 3 aromatic rings. The van der Waals surface area contributed by atoms with Crippen molar-refractivity contribution in [1.29, 1.82) is 0 Å². The molecule has 0 saturated heterocycles. The van der Waals surface area contributed by atoms with E-state index in [1.165, 1.54) is 18.2 Å². The first-order valence-corrected chi connectivity index (χ1v) is 5.48. The summed E-state index contributed by atoms with van der Waals surface area (Å²) < 4.78 is 1.67. The first-order chi connectivity index (χ1) is 8.58. The summed E-state index contributed by atoms with van der Waals surface area (Å²) in [5.74, 6) is -0.0152. The number of hydrogen-bond acceptors (Lipinski definition) is 3. The fourth-order valence-electron chi connectivity index (χ4n) is 2.09. The van der Waals surface area contributed by atoms with Crippen LogP contribution in [-0.4, -0.2) is 15.0 Å². The zero-order valence-electron chi connectivity index (χ0n) is 9.66. The number of fused-ring (bicyclic) bond motifs is 2. The third kappa shape index (κ3) is 1.34. The summed E-state index contributed by atoms with van der Waals surface area (Å²) in [6.45, 7) is 1.88. The van der Waals surface area contributed by atoms with E-state index in [1.54, 1.807) is 18.2 Å². The van der Waals surface area contributed by atoms with Crippen molar-refractivity contribution in [2.24, 2.45) is 0 Å². The average molecular weight is 243 g/mol. The van der Waals surface area contributed by atoms with Gasteiger partial charge in [-0.3, -0.25) is 0 Å². The molecule has 2 aromatic carbocycles. The summed E-state index contributed by atoms with van der Waals surface area (Å²) in [6, 6.07) is 9.43. The molecule has 0 aliphatic heterocycles. The maximum absolute atomic E-state index is 12.2. The minimum Gasteiger partial charge on any atom is -0.508 e. The van der Waals surface area contributed by atoms with E-state index in [1.807, 2.05) is 6.92 Å². The van der Waals surface area contributed by atoms with Gasteiger partial charge < -0.3 is 10.3 Å². The Hall–Kier alpha value is -2.56. The summed E-state index contributed by atoms with van der Waals surface area (Å²) >= 11 is 0. The molecule has 5 nitrogen and oxygen atoms in total. The quantitative estimate of drug-likeness (QED) is 0.360. The van der Waals surface area contributed by atoms with Crippen LogP contribution in [0.25, 0.3) is 22.1 Å². The first kappa shape index (κ1) is 10.6. The van der Waals surface area contributed by atoms with Gasteiger partial charge >= 0.3 is 0 Å². The van der Waals surface area contributed by atoms with E-state index in [0.717, 1.165) is 10.3 Å². The number of phenols is 1. The second-order valence-corrected chi connectivity index (χ2v) is 4.27. The molecule has 5 heteroatoms. The van der Waals surface area contributed by atoms with Gasteiger partial charge in [-0.25, -0.2) is 0 Å². The number of benzene rings is 2. The molecule has 0 aliphatic carbocycles. The number of aryl methyl sites for hydroxylation is 1. The van der Waals surface area contributed by atoms with Crippen LogP contribution in [0.1, 0.15) is 5.56 Å². The molecular formula is C13H11N2O3+. The Balaban J connectivity index is 2.65. The fourth-order valence-corrected chi connectivity index (χ4v) is 2.09. The lowest BCUT2D eigenvalue weighted by molar-refractivity contribution is -0.433. The highest BCUT2D eigenvalue weighted by molar-refractivity contribution is 5.83. The fraction of sp³-hybridized carbons (Fsp3) is 0.0769. The van der Waals surface area contributed by atoms with Gasteiger partial charge in [0, 0.05) is 11.0 Å². The van der Waals surface area contributed by atoms with Gasteiger partial charge in [-0.2, -0.15) is 4.73 Å². The standard InChI is InChI=1S/C13H10N2O3/c1-8-2-4-10-12(6-8)14(17)11-5-3-9(16)7-13(11)15(10)18/h2-7,17H,1H3/p+1. The lowest BCUT2D eigenvalue weighted by Gasteiger charge is -2.03. The van der Waals surface area contributed by atoms with Crippen LogP contribution in [0.2, 0.25) is 0 Å². The van der Waals surface area contributed by atoms with Crippen molar-refractivity contribution in [3.8, 4) is 5.75 Å². The molecule has 2 N–H and O–H groups in total. The zero-order chi connectivity index (χ0) is 12.9. The van der Waals surface area contributed by atoms with Crippen LogP contribution < -0.4 is 4.43 Å². The SMILES string of the molecule is Cc1ccc2c(c1)n(O)c1ccc(O)cc1[n+]2=O. The molecule has 3 rings (SSSR count). The van der Waals surface area contributed by atoms with E-state index >= 15 is 0 Å². The van der Waals surface area contributed by atoms with Crippen molar-refractivity contribution in [3.05, 3.63) is 46.9 Å². The maximum atomic E-state index is 12.2. The summed E-state index contributed by atoms with van der Waals surface area (Å²) in [5, 5.41) is 19.6. The Morgan fingerprint density at radius 3 is 2.61 bits per heavy atom. The van der Waals surface area contributed by atoms with Gasteiger partial charge in [0.1, 0.15) is 5.75 Å². The molecule has 0 amide bonds. The maximum Gasteiger partial charge on any atom is 0.294 e. The Bertz CT molecular complexity index is 837. The Labute approximate surface area is 102 Å². The van der Waals surface area contributed by atoms with Crippen LogP contribution in [0.4, 0.5) is 0 Å². The van der Waals surface area contributed by atoms with Crippen molar-refractivity contribution in [2.45, 2.75) is 6.92 Å². The van der Waals surface area contributed by atoms with Crippen molar-refractivity contribution < 1.29 is 14.7 Å². The molecule has 0 atom stereocenters. The van der Waals surface area contributed by atoms with Crippen LogP contribution in [0, 0.1) is 11.8 Å². The van der Waals surface area contributed by atoms with E-state index in [0.29, 0.717) is 21.0 Å². The van der Waals surface area contributed by atoms with Crippen LogP contribution >= 0.6 is 0 Å². The van der Waals surface area contributed by atoms with E-state index in [-0.39, 0.29) is 11.3 Å². The number of aromatic hydroxyl groups is 1. The summed E-state index contributed by atoms with van der Waals surface area (Å²) in [4.78, 5) is 12.2. The number of aromatic nitrogens is 2. The minimum absolute atomic E-state index is 0.0152. The number of rotatable bonds is 0. The number of nitrogens with zero attached hydrogens (tertiary/aromatic N) is 2. The second kappa shape index (κ2) is 3.46. The third-order valence-corrected chi connectivity index (χ3v) is 2.98. The normalized spacial score (nSPS) is 11.2. The molecular weight excluding hydrogens is 232 g/mol. The van der Waals surface area contributed by atoms with Gasteiger partial charge in [0.05, 0.1) is 10.5 Å². The van der Waals surface area contributed by atoms with Crippen molar-refractivity contribution in [2.75, 3.05) is 0 Å². The van der Waals surface area contributed by atoms with Crippen LogP contribution in [-0.2, 0) is 0 Å². The third-order valence-electron chi connectivity index (χ3n) is 2.98. The monoisotopic (exact) mass is 243 g/mol. The lowest BCUT2D eigenvalue weighted by Crippen LogP contribution is -2.20. The van der Waals surface area contributed by atoms with Gasteiger partial charge in [-0.15, -0.1) is 0 Å². The van der Waals surface area contributed by atoms with Crippen molar-refractivity contribution in [1.82, 2.24) is 4.73 Å². The van der Waals surface area contributed by atoms with Gasteiger partial charge in [0.25, 0.3) is 11.0 Å². The Morgan fingerprint density at radius 2 is 1.83 bits per heavy atom. The van der Waals surface area contributed by atoms with E-state index in [4.69, 9.17) is 0 Å². The van der Waals surface area contributed by atoms with Crippen LogP contribution in [0.15, 0.2) is 36.4 Å². The highest BCUT2D eigenvalue weighted by Crippen LogP contribution is 2.20. The van der Waals surface area contributed by atoms with Crippen LogP contribution in [0.5, 0.6) is 5.75 Å². The van der Waals surface area contributed by atoms with Crippen molar-refractivity contribution in [3.63, 3.8) is 0 Å². The summed E-state index contributed by atoms with van der Waals surface area (Å²) in [5.41, 5.74) is 2.29. The smallest absolute Gasteiger partial charge is 0.294 e. The molecule has 0 fully saturated rings. The zero-order valence-corrected chi connectivity index (χ0v) is 9.66. The summed E-state index contributed by atoms with van der Waals surface area (Å²) in [6.07, 6.45) is 0. The van der Waals surface area contributed by atoms with Gasteiger partial charge in [0.15, 0.2) is 11.0 Å². The number of hydrogen-bond donors (Lipinski definition) is 2.